The van der Waals surface area contributed by atoms with Gasteiger partial charge in [-0.1, -0.05) is 0 Å². The maximum atomic E-state index is 8.34. The van der Waals surface area contributed by atoms with Gasteiger partial charge >= 0.3 is 25.6 Å². The van der Waals surface area contributed by atoms with Crippen molar-refractivity contribution in [1.82, 2.24) is 0 Å². The summed E-state index contributed by atoms with van der Waals surface area (Å²) < 4.78 is 8.34. The molecule has 0 spiro atoms. The molecule has 0 aliphatic heterocycles. The second-order valence-corrected chi connectivity index (χ2v) is 0. The Bertz CT molecular complexity index is 3.61. The van der Waals surface area contributed by atoms with Crippen LogP contribution in [-0.4, -0.2) is 38.9 Å². The molecule has 0 bridgehead atoms. The van der Waals surface area contributed by atoms with Crippen molar-refractivity contribution in [2.75, 3.05) is 0 Å². The van der Waals surface area contributed by atoms with Crippen LogP contribution in [0.1, 0.15) is 0 Å². The van der Waals surface area contributed by atoms with Crippen molar-refractivity contribution in [2.24, 2.45) is 0 Å². The SMILES string of the molecule is [OH-].[OH-].[OH-].[O]=[Sn+3]. The second-order valence-electron chi connectivity index (χ2n) is 0. The molecule has 0 amide bonds. The van der Waals surface area contributed by atoms with Crippen molar-refractivity contribution < 1.29 is 19.5 Å². The van der Waals surface area contributed by atoms with Gasteiger partial charge in [0.25, 0.3) is 0 Å². The summed E-state index contributed by atoms with van der Waals surface area (Å²) in [6.07, 6.45) is 0. The zero-order valence-corrected chi connectivity index (χ0v) is 5.10. The first-order valence-corrected chi connectivity index (χ1v) is 1.37. The quantitative estimate of drug-likeness (QED) is 0.450. The van der Waals surface area contributed by atoms with E-state index < -0.39 is 0 Å². The summed E-state index contributed by atoms with van der Waals surface area (Å²) in [7, 11) is 0. The molecule has 0 saturated carbocycles. The van der Waals surface area contributed by atoms with Crippen LogP contribution in [0.4, 0.5) is 0 Å². The van der Waals surface area contributed by atoms with E-state index in [0.29, 0.717) is 22.5 Å². The first-order valence-electron chi connectivity index (χ1n) is 0.204. The van der Waals surface area contributed by atoms with Crippen LogP contribution in [0.15, 0.2) is 0 Å². The first kappa shape index (κ1) is 50.3. The summed E-state index contributed by atoms with van der Waals surface area (Å²) in [6, 6.07) is 0. The Morgan fingerprint density at radius 1 is 0.800 bits per heavy atom. The van der Waals surface area contributed by atoms with Gasteiger partial charge in [-0.15, -0.1) is 0 Å². The first-order chi connectivity index (χ1) is 1.00. The molecular weight excluding hydrogens is 183 g/mol. The minimum absolute atomic E-state index is 0. The van der Waals surface area contributed by atoms with Gasteiger partial charge in [-0.05, 0) is 0 Å². The van der Waals surface area contributed by atoms with E-state index in [0.717, 1.165) is 0 Å². The van der Waals surface area contributed by atoms with Gasteiger partial charge in [0.05, 0.1) is 0 Å². The normalized spacial score (nSPS) is 0.800. The fourth-order valence-electron chi connectivity index (χ4n) is 0. The average molecular weight is 186 g/mol. The van der Waals surface area contributed by atoms with Gasteiger partial charge in [-0.2, -0.15) is 0 Å². The van der Waals surface area contributed by atoms with E-state index in [4.69, 9.17) is 3.08 Å². The Morgan fingerprint density at radius 2 is 0.800 bits per heavy atom. The molecule has 0 rings (SSSR count). The molecule has 5 heavy (non-hydrogen) atoms. The van der Waals surface area contributed by atoms with Crippen molar-refractivity contribution in [3.05, 3.63) is 0 Å². The predicted octanol–water partition coefficient (Wildman–Crippen LogP) is -1.03. The van der Waals surface area contributed by atoms with Crippen LogP contribution in [0.25, 0.3) is 0 Å². The average Bonchev–Trinajstić information content (AvgIpc) is 1.00. The topological polar surface area (TPSA) is 107 Å². The maximum absolute atomic E-state index is 8.34. The fraction of sp³-hybridized carbons (Fsp3) is 0. The molecule has 0 fully saturated rings. The molecule has 5 heteroatoms. The van der Waals surface area contributed by atoms with E-state index in [1.165, 1.54) is 0 Å². The predicted molar refractivity (Wildman–Crippen MR) is 12.2 cm³/mol. The third-order valence-electron chi connectivity index (χ3n) is 0. The Hall–Kier alpha value is 0.479. The van der Waals surface area contributed by atoms with E-state index in [2.05, 4.69) is 0 Å². The number of hydrogen-bond donors (Lipinski definition) is 0. The number of hydrogen-bond acceptors (Lipinski definition) is 4. The van der Waals surface area contributed by atoms with Gasteiger partial charge in [-0.25, -0.2) is 0 Å². The third kappa shape index (κ3) is 120. The van der Waals surface area contributed by atoms with E-state index in [-0.39, 0.29) is 16.4 Å². The molecule has 0 heterocycles. The molecule has 0 atom stereocenters. The van der Waals surface area contributed by atoms with Crippen molar-refractivity contribution in [1.29, 1.82) is 0 Å². The van der Waals surface area contributed by atoms with Crippen molar-refractivity contribution in [3.8, 4) is 0 Å². The van der Waals surface area contributed by atoms with Gasteiger partial charge < -0.3 is 16.4 Å². The van der Waals surface area contributed by atoms with Gasteiger partial charge in [0, 0.05) is 0 Å². The number of rotatable bonds is 0. The van der Waals surface area contributed by atoms with Gasteiger partial charge in [-0.3, -0.25) is 0 Å². The zero-order valence-electron chi connectivity index (χ0n) is 2.25. The molecule has 5 radical (unpaired) electrons. The van der Waals surface area contributed by atoms with Gasteiger partial charge in [0.15, 0.2) is 0 Å². The van der Waals surface area contributed by atoms with Crippen LogP contribution < -0.4 is 0 Å². The van der Waals surface area contributed by atoms with Gasteiger partial charge in [0.1, 0.15) is 0 Å². The van der Waals surface area contributed by atoms with E-state index >= 15 is 0 Å². The molecule has 0 aliphatic carbocycles. The zero-order chi connectivity index (χ0) is 2.00. The van der Waals surface area contributed by atoms with E-state index in [1.807, 2.05) is 0 Å². The van der Waals surface area contributed by atoms with Crippen LogP contribution in [0.5, 0.6) is 0 Å². The Labute approximate surface area is 42.6 Å². The molecule has 0 aromatic rings. The molecule has 4 nitrogen and oxygen atoms in total. The minimum atomic E-state index is 0. The summed E-state index contributed by atoms with van der Waals surface area (Å²) >= 11 is 0.300. The summed E-state index contributed by atoms with van der Waals surface area (Å²) in [5.41, 5.74) is 0. The molecule has 0 unspecified atom stereocenters. The van der Waals surface area contributed by atoms with Crippen LogP contribution in [0.3, 0.4) is 0 Å². The molecule has 31 valence electrons. The second kappa shape index (κ2) is 237. The molecule has 0 saturated heterocycles. The van der Waals surface area contributed by atoms with Crippen LogP contribution in [-0.2, 0) is 3.08 Å². The summed E-state index contributed by atoms with van der Waals surface area (Å²) in [4.78, 5) is 0. The molecular formula is H3O4Sn. The van der Waals surface area contributed by atoms with Crippen LogP contribution in [0.2, 0.25) is 0 Å². The summed E-state index contributed by atoms with van der Waals surface area (Å²) in [5.74, 6) is 0. The van der Waals surface area contributed by atoms with E-state index in [1.54, 1.807) is 0 Å². The summed E-state index contributed by atoms with van der Waals surface area (Å²) in [6.45, 7) is 0. The van der Waals surface area contributed by atoms with Crippen LogP contribution in [0, 0.1) is 0 Å². The van der Waals surface area contributed by atoms with Crippen LogP contribution >= 0.6 is 0 Å². The molecule has 0 aliphatic rings. The molecule has 0 aromatic heterocycles. The Balaban J connectivity index is -0.00000000167. The van der Waals surface area contributed by atoms with Gasteiger partial charge in [0.2, 0.25) is 0 Å². The molecule has 0 aromatic carbocycles. The Morgan fingerprint density at radius 3 is 0.800 bits per heavy atom. The van der Waals surface area contributed by atoms with Crippen molar-refractivity contribution in [3.63, 3.8) is 0 Å². The monoisotopic (exact) mass is 187 g/mol. The summed E-state index contributed by atoms with van der Waals surface area (Å²) in [5, 5.41) is 0. The Kier molecular flexibility index (Phi) is 2380. The third-order valence-corrected chi connectivity index (χ3v) is 0. The van der Waals surface area contributed by atoms with Crippen molar-refractivity contribution in [2.45, 2.75) is 0 Å². The molecule has 3 N–H and O–H groups in total. The van der Waals surface area contributed by atoms with Crippen molar-refractivity contribution >= 4 is 22.5 Å². The van der Waals surface area contributed by atoms with E-state index in [9.17, 15) is 0 Å². The fourth-order valence-corrected chi connectivity index (χ4v) is 0. The standard InChI is InChI=1S/3H2O.O.Sn/h3*1H2;;/q;;;;+3/p-3.